The van der Waals surface area contributed by atoms with Crippen molar-refractivity contribution >= 4 is 28.6 Å². The van der Waals surface area contributed by atoms with E-state index in [0.29, 0.717) is 0 Å². The van der Waals surface area contributed by atoms with Crippen molar-refractivity contribution in [3.63, 3.8) is 0 Å². The molecule has 0 amide bonds. The first-order chi connectivity index (χ1) is 8.18. The zero-order chi connectivity index (χ0) is 12.7. The van der Waals surface area contributed by atoms with Crippen LogP contribution >= 0.6 is 22.9 Å². The fourth-order valence-electron chi connectivity index (χ4n) is 2.41. The summed E-state index contributed by atoms with van der Waals surface area (Å²) in [5.41, 5.74) is 3.01. The standard InChI is InChI=1S/C15H22IN/c1-4-15(5-2,13(3)17-16)12-11-14-9-7-6-8-10-14/h6-10H,4-5,11-12H2,1-3H3/b17-13+. The van der Waals surface area contributed by atoms with Crippen LogP contribution in [-0.2, 0) is 6.42 Å². The minimum atomic E-state index is 0.289. The molecular formula is C15H22IN. The van der Waals surface area contributed by atoms with Gasteiger partial charge in [0.05, 0.1) is 22.9 Å². The second-order valence-corrected chi connectivity index (χ2v) is 5.13. The Hall–Kier alpha value is -0.380. The fourth-order valence-corrected chi connectivity index (χ4v) is 2.93. The fraction of sp³-hybridized carbons (Fsp3) is 0.533. The number of benzene rings is 1. The largest absolute Gasteiger partial charge is 0.224 e. The van der Waals surface area contributed by atoms with Gasteiger partial charge in [0.15, 0.2) is 0 Å². The SMILES string of the molecule is CCC(CC)(CCc1ccccc1)/C(C)=N/I. The van der Waals surface area contributed by atoms with Crippen molar-refractivity contribution in [2.24, 2.45) is 8.62 Å². The van der Waals surface area contributed by atoms with Gasteiger partial charge >= 0.3 is 0 Å². The van der Waals surface area contributed by atoms with E-state index < -0.39 is 0 Å². The lowest BCUT2D eigenvalue weighted by Gasteiger charge is -2.31. The van der Waals surface area contributed by atoms with Gasteiger partial charge in [-0.05, 0) is 38.2 Å². The number of rotatable bonds is 6. The monoisotopic (exact) mass is 343 g/mol. The highest BCUT2D eigenvalue weighted by Gasteiger charge is 2.28. The van der Waals surface area contributed by atoms with E-state index in [1.807, 2.05) is 0 Å². The Bertz CT molecular complexity index is 352. The molecule has 0 N–H and O–H groups in total. The van der Waals surface area contributed by atoms with Crippen molar-refractivity contribution in [2.45, 2.75) is 46.5 Å². The van der Waals surface area contributed by atoms with Gasteiger partial charge in [-0.15, -0.1) is 0 Å². The average molecular weight is 343 g/mol. The van der Waals surface area contributed by atoms with Gasteiger partial charge in [-0.2, -0.15) is 0 Å². The van der Waals surface area contributed by atoms with Crippen molar-refractivity contribution in [2.75, 3.05) is 0 Å². The zero-order valence-corrected chi connectivity index (χ0v) is 13.2. The lowest BCUT2D eigenvalue weighted by Crippen LogP contribution is -2.28. The molecule has 0 unspecified atom stereocenters. The lowest BCUT2D eigenvalue weighted by molar-refractivity contribution is 0.357. The molecule has 0 aliphatic heterocycles. The van der Waals surface area contributed by atoms with Crippen LogP contribution in [0.3, 0.4) is 0 Å². The molecule has 0 spiro atoms. The number of aryl methyl sites for hydroxylation is 1. The minimum absolute atomic E-state index is 0.289. The second-order valence-electron chi connectivity index (χ2n) is 4.64. The molecule has 0 heterocycles. The molecule has 2 heteroatoms. The highest BCUT2D eigenvalue weighted by molar-refractivity contribution is 14.1. The Kier molecular flexibility index (Phi) is 6.17. The van der Waals surface area contributed by atoms with Crippen molar-refractivity contribution in [3.8, 4) is 0 Å². The lowest BCUT2D eigenvalue weighted by atomic mass is 9.74. The number of hydrogen-bond acceptors (Lipinski definition) is 1. The summed E-state index contributed by atoms with van der Waals surface area (Å²) in [5.74, 6) is 0. The van der Waals surface area contributed by atoms with Crippen LogP contribution < -0.4 is 0 Å². The Morgan fingerprint density at radius 1 is 1.18 bits per heavy atom. The van der Waals surface area contributed by atoms with E-state index >= 15 is 0 Å². The molecule has 0 aromatic heterocycles. The first-order valence-electron chi connectivity index (χ1n) is 6.38. The summed E-state index contributed by atoms with van der Waals surface area (Å²) in [4.78, 5) is 0. The van der Waals surface area contributed by atoms with E-state index in [-0.39, 0.29) is 5.41 Å². The molecule has 0 fully saturated rings. The predicted molar refractivity (Wildman–Crippen MR) is 84.9 cm³/mol. The van der Waals surface area contributed by atoms with E-state index in [4.69, 9.17) is 0 Å². The van der Waals surface area contributed by atoms with E-state index in [1.54, 1.807) is 0 Å². The molecule has 0 aliphatic rings. The van der Waals surface area contributed by atoms with Crippen LogP contribution in [0.1, 0.15) is 45.6 Å². The van der Waals surface area contributed by atoms with Gasteiger partial charge in [0, 0.05) is 11.1 Å². The molecule has 1 nitrogen and oxygen atoms in total. The maximum Gasteiger partial charge on any atom is 0.0830 e. The molecule has 1 aromatic carbocycles. The highest BCUT2D eigenvalue weighted by Crippen LogP contribution is 2.34. The third-order valence-electron chi connectivity index (χ3n) is 3.98. The van der Waals surface area contributed by atoms with E-state index in [9.17, 15) is 0 Å². The third-order valence-corrected chi connectivity index (χ3v) is 4.71. The Morgan fingerprint density at radius 3 is 2.24 bits per heavy atom. The Morgan fingerprint density at radius 2 is 1.76 bits per heavy atom. The van der Waals surface area contributed by atoms with Crippen molar-refractivity contribution in [1.82, 2.24) is 0 Å². The molecular weight excluding hydrogens is 321 g/mol. The van der Waals surface area contributed by atoms with Crippen LogP contribution in [0.4, 0.5) is 0 Å². The Balaban J connectivity index is 2.75. The molecule has 1 rings (SSSR count). The topological polar surface area (TPSA) is 12.4 Å². The number of halogens is 1. The van der Waals surface area contributed by atoms with Crippen LogP contribution in [-0.4, -0.2) is 5.71 Å². The van der Waals surface area contributed by atoms with Gasteiger partial charge in [-0.25, -0.2) is 3.21 Å². The summed E-state index contributed by atoms with van der Waals surface area (Å²) in [6.45, 7) is 6.73. The highest BCUT2D eigenvalue weighted by atomic mass is 127. The Labute approximate surface area is 119 Å². The molecule has 1 aromatic rings. The van der Waals surface area contributed by atoms with E-state index in [0.717, 1.165) is 6.42 Å². The summed E-state index contributed by atoms with van der Waals surface area (Å²) < 4.78 is 4.40. The minimum Gasteiger partial charge on any atom is -0.224 e. The average Bonchev–Trinajstić information content (AvgIpc) is 2.41. The van der Waals surface area contributed by atoms with Crippen molar-refractivity contribution in [1.29, 1.82) is 0 Å². The summed E-state index contributed by atoms with van der Waals surface area (Å²) in [5, 5.41) is 0. The first-order valence-corrected chi connectivity index (χ1v) is 7.35. The van der Waals surface area contributed by atoms with Gasteiger partial charge in [-0.3, -0.25) is 0 Å². The van der Waals surface area contributed by atoms with Crippen LogP contribution in [0.2, 0.25) is 0 Å². The van der Waals surface area contributed by atoms with Crippen molar-refractivity contribution < 1.29 is 0 Å². The zero-order valence-electron chi connectivity index (χ0n) is 11.0. The summed E-state index contributed by atoms with van der Waals surface area (Å²) in [7, 11) is 0. The van der Waals surface area contributed by atoms with E-state index in [2.05, 4.69) is 77.2 Å². The summed E-state index contributed by atoms with van der Waals surface area (Å²) >= 11 is 2.13. The van der Waals surface area contributed by atoms with Crippen LogP contribution in [0.5, 0.6) is 0 Å². The molecule has 0 radical (unpaired) electrons. The summed E-state index contributed by atoms with van der Waals surface area (Å²) in [6, 6.07) is 10.7. The van der Waals surface area contributed by atoms with Gasteiger partial charge in [0.2, 0.25) is 0 Å². The first kappa shape index (κ1) is 14.7. The smallest absolute Gasteiger partial charge is 0.0830 e. The molecule has 0 bridgehead atoms. The van der Waals surface area contributed by atoms with Crippen molar-refractivity contribution in [3.05, 3.63) is 35.9 Å². The number of nitrogens with zero attached hydrogens (tertiary/aromatic N) is 1. The van der Waals surface area contributed by atoms with Gasteiger partial charge < -0.3 is 0 Å². The molecule has 94 valence electrons. The maximum absolute atomic E-state index is 4.40. The van der Waals surface area contributed by atoms with Gasteiger partial charge in [0.25, 0.3) is 0 Å². The number of hydrogen-bond donors (Lipinski definition) is 0. The molecule has 17 heavy (non-hydrogen) atoms. The predicted octanol–water partition coefficient (Wildman–Crippen LogP) is 5.24. The van der Waals surface area contributed by atoms with Crippen LogP contribution in [0.15, 0.2) is 33.5 Å². The molecule has 0 saturated heterocycles. The van der Waals surface area contributed by atoms with Gasteiger partial charge in [0.1, 0.15) is 0 Å². The molecule has 0 saturated carbocycles. The van der Waals surface area contributed by atoms with Crippen LogP contribution in [0, 0.1) is 5.41 Å². The van der Waals surface area contributed by atoms with E-state index in [1.165, 1.54) is 30.5 Å². The summed E-state index contributed by atoms with van der Waals surface area (Å²) in [6.07, 6.45) is 4.69. The normalized spacial score (nSPS) is 12.8. The van der Waals surface area contributed by atoms with Crippen LogP contribution in [0.25, 0.3) is 0 Å². The molecule has 0 aliphatic carbocycles. The quantitative estimate of drug-likeness (QED) is 0.495. The maximum atomic E-state index is 4.40. The van der Waals surface area contributed by atoms with Gasteiger partial charge in [-0.1, -0.05) is 44.2 Å². The third kappa shape index (κ3) is 3.80. The second kappa shape index (κ2) is 7.14. The molecule has 0 atom stereocenters.